The van der Waals surface area contributed by atoms with Crippen LogP contribution in [0.2, 0.25) is 0 Å². The van der Waals surface area contributed by atoms with Gasteiger partial charge in [-0.15, -0.1) is 12.4 Å². The maximum absolute atomic E-state index is 13.1. The second-order valence-corrected chi connectivity index (χ2v) is 4.84. The summed E-state index contributed by atoms with van der Waals surface area (Å²) in [6.45, 7) is 2.16. The van der Waals surface area contributed by atoms with E-state index in [0.717, 1.165) is 25.7 Å². The van der Waals surface area contributed by atoms with Crippen molar-refractivity contribution in [1.29, 1.82) is 0 Å². The summed E-state index contributed by atoms with van der Waals surface area (Å²) in [7, 11) is 0. The van der Waals surface area contributed by atoms with Gasteiger partial charge in [-0.25, -0.2) is 4.39 Å². The Bertz CT molecular complexity index is 375. The van der Waals surface area contributed by atoms with Crippen molar-refractivity contribution < 1.29 is 9.50 Å². The number of benzene rings is 1. The summed E-state index contributed by atoms with van der Waals surface area (Å²) >= 11 is 0. The van der Waals surface area contributed by atoms with Crippen LogP contribution in [0.15, 0.2) is 24.3 Å². The van der Waals surface area contributed by atoms with E-state index in [1.54, 1.807) is 12.1 Å². The van der Waals surface area contributed by atoms with Gasteiger partial charge in [0.1, 0.15) is 5.82 Å². The fourth-order valence-corrected chi connectivity index (χ4v) is 2.60. The molecule has 1 heterocycles. The van der Waals surface area contributed by atoms with E-state index in [-0.39, 0.29) is 24.3 Å². The van der Waals surface area contributed by atoms with Crippen LogP contribution < -0.4 is 5.32 Å². The molecule has 2 rings (SSSR count). The Morgan fingerprint density at radius 2 is 2.22 bits per heavy atom. The van der Waals surface area contributed by atoms with Crippen LogP contribution in [0.1, 0.15) is 44.3 Å². The average molecular weight is 274 g/mol. The second-order valence-electron chi connectivity index (χ2n) is 4.84. The molecular formula is C14H21ClFNO. The Balaban J connectivity index is 0.00000162. The highest BCUT2D eigenvalue weighted by molar-refractivity contribution is 5.85. The van der Waals surface area contributed by atoms with Crippen LogP contribution in [-0.4, -0.2) is 17.2 Å². The zero-order valence-corrected chi connectivity index (χ0v) is 11.4. The highest BCUT2D eigenvalue weighted by Gasteiger charge is 2.29. The van der Waals surface area contributed by atoms with E-state index in [4.69, 9.17) is 0 Å². The normalized spacial score (nSPS) is 24.6. The summed E-state index contributed by atoms with van der Waals surface area (Å²) in [5, 5.41) is 13.6. The molecule has 0 spiro atoms. The van der Waals surface area contributed by atoms with Gasteiger partial charge < -0.3 is 10.4 Å². The third-order valence-electron chi connectivity index (χ3n) is 3.48. The fourth-order valence-electron chi connectivity index (χ4n) is 2.60. The first-order valence-corrected chi connectivity index (χ1v) is 6.40. The molecule has 0 aromatic heterocycles. The summed E-state index contributed by atoms with van der Waals surface area (Å²) < 4.78 is 13.1. The Hall–Kier alpha value is -0.640. The molecule has 0 unspecified atom stereocenters. The van der Waals surface area contributed by atoms with E-state index >= 15 is 0 Å². The van der Waals surface area contributed by atoms with Gasteiger partial charge in [-0.3, -0.25) is 0 Å². The smallest absolute Gasteiger partial charge is 0.123 e. The topological polar surface area (TPSA) is 32.3 Å². The van der Waals surface area contributed by atoms with Gasteiger partial charge in [0.15, 0.2) is 0 Å². The third kappa shape index (κ3) is 3.67. The number of hydrogen-bond donors (Lipinski definition) is 2. The van der Waals surface area contributed by atoms with Crippen LogP contribution in [0.5, 0.6) is 0 Å². The van der Waals surface area contributed by atoms with Crippen molar-refractivity contribution in [1.82, 2.24) is 5.32 Å². The molecule has 1 fully saturated rings. The van der Waals surface area contributed by atoms with Crippen LogP contribution >= 0.6 is 12.4 Å². The summed E-state index contributed by atoms with van der Waals surface area (Å²) in [5.74, 6) is -0.287. The lowest BCUT2D eigenvalue weighted by Gasteiger charge is -2.20. The number of hydrogen-bond acceptors (Lipinski definition) is 2. The molecule has 4 heteroatoms. The van der Waals surface area contributed by atoms with E-state index < -0.39 is 6.10 Å². The zero-order valence-electron chi connectivity index (χ0n) is 10.6. The molecule has 1 aromatic rings. The Morgan fingerprint density at radius 3 is 2.89 bits per heavy atom. The summed E-state index contributed by atoms with van der Waals surface area (Å²) in [5.41, 5.74) is 0.666. The molecule has 2 nitrogen and oxygen atoms in total. The third-order valence-corrected chi connectivity index (χ3v) is 3.48. The Kier molecular flexibility index (Phi) is 6.06. The summed E-state index contributed by atoms with van der Waals surface area (Å²) in [6.07, 6.45) is 3.76. The number of halogens is 2. The minimum absolute atomic E-state index is 0. The van der Waals surface area contributed by atoms with Crippen LogP contribution in [0, 0.1) is 5.82 Å². The first kappa shape index (κ1) is 15.4. The predicted octanol–water partition coefficient (Wildman–Crippen LogP) is 3.20. The first-order valence-electron chi connectivity index (χ1n) is 6.40. The van der Waals surface area contributed by atoms with Gasteiger partial charge in [-0.2, -0.15) is 0 Å². The van der Waals surface area contributed by atoms with Gasteiger partial charge in [-0.1, -0.05) is 25.5 Å². The Labute approximate surface area is 114 Å². The number of rotatable bonds is 4. The lowest BCUT2D eigenvalue weighted by Crippen LogP contribution is -2.33. The van der Waals surface area contributed by atoms with E-state index in [9.17, 15) is 9.50 Å². The maximum atomic E-state index is 13.1. The average Bonchev–Trinajstić information content (AvgIpc) is 2.77. The van der Waals surface area contributed by atoms with Gasteiger partial charge >= 0.3 is 0 Å². The molecular weight excluding hydrogens is 253 g/mol. The monoisotopic (exact) mass is 273 g/mol. The van der Waals surface area contributed by atoms with Crippen molar-refractivity contribution in [3.05, 3.63) is 35.6 Å². The summed E-state index contributed by atoms with van der Waals surface area (Å²) in [6, 6.07) is 6.81. The van der Waals surface area contributed by atoms with Gasteiger partial charge in [0.2, 0.25) is 0 Å². The van der Waals surface area contributed by atoms with E-state index in [2.05, 4.69) is 12.2 Å². The molecule has 1 saturated heterocycles. The van der Waals surface area contributed by atoms with Crippen molar-refractivity contribution in [2.45, 2.75) is 50.8 Å². The van der Waals surface area contributed by atoms with Crippen LogP contribution in [0.3, 0.4) is 0 Å². The predicted molar refractivity (Wildman–Crippen MR) is 73.5 cm³/mol. The lowest BCUT2D eigenvalue weighted by atomic mass is 10.0. The molecule has 2 N–H and O–H groups in total. The molecule has 18 heavy (non-hydrogen) atoms. The molecule has 0 saturated carbocycles. The molecule has 1 aliphatic rings. The second kappa shape index (κ2) is 7.07. The largest absolute Gasteiger partial charge is 0.387 e. The van der Waals surface area contributed by atoms with Crippen molar-refractivity contribution >= 4 is 12.4 Å². The molecule has 0 radical (unpaired) electrons. The molecule has 1 aliphatic heterocycles. The van der Waals surface area contributed by atoms with Crippen LogP contribution in [0.4, 0.5) is 4.39 Å². The molecule has 0 aliphatic carbocycles. The quantitative estimate of drug-likeness (QED) is 0.883. The number of aliphatic hydroxyl groups is 1. The minimum atomic E-state index is -0.604. The van der Waals surface area contributed by atoms with Crippen molar-refractivity contribution in [3.63, 3.8) is 0 Å². The van der Waals surface area contributed by atoms with Gasteiger partial charge in [0, 0.05) is 12.1 Å². The lowest BCUT2D eigenvalue weighted by molar-refractivity contribution is 0.134. The SMILES string of the molecule is CCC[C@@H]1CC[C@H]([C@@H](O)c2cccc(F)c2)N1.Cl. The first-order chi connectivity index (χ1) is 8.20. The molecule has 0 bridgehead atoms. The molecule has 102 valence electrons. The van der Waals surface area contributed by atoms with Crippen LogP contribution in [-0.2, 0) is 0 Å². The molecule has 3 atom stereocenters. The van der Waals surface area contributed by atoms with Crippen LogP contribution in [0.25, 0.3) is 0 Å². The Morgan fingerprint density at radius 1 is 1.44 bits per heavy atom. The number of nitrogens with one attached hydrogen (secondary N) is 1. The van der Waals surface area contributed by atoms with Crippen molar-refractivity contribution in [2.75, 3.05) is 0 Å². The molecule has 1 aromatic carbocycles. The highest BCUT2D eigenvalue weighted by atomic mass is 35.5. The van der Waals surface area contributed by atoms with Crippen molar-refractivity contribution in [2.24, 2.45) is 0 Å². The van der Waals surface area contributed by atoms with Gasteiger partial charge in [-0.05, 0) is 37.0 Å². The standard InChI is InChI=1S/C14H20FNO.ClH/c1-2-4-12-7-8-13(16-12)14(17)10-5-3-6-11(15)9-10;/h3,5-6,9,12-14,16-17H,2,4,7-8H2,1H3;1H/t12-,13-,14+;/m1./s1. The van der Waals surface area contributed by atoms with E-state index in [0.29, 0.717) is 11.6 Å². The molecule has 0 amide bonds. The minimum Gasteiger partial charge on any atom is -0.387 e. The van der Waals surface area contributed by atoms with Crippen molar-refractivity contribution in [3.8, 4) is 0 Å². The highest BCUT2D eigenvalue weighted by Crippen LogP contribution is 2.27. The van der Waals surface area contributed by atoms with E-state index in [1.165, 1.54) is 12.1 Å². The summed E-state index contributed by atoms with van der Waals surface area (Å²) in [4.78, 5) is 0. The van der Waals surface area contributed by atoms with Gasteiger partial charge in [0.05, 0.1) is 6.10 Å². The maximum Gasteiger partial charge on any atom is 0.123 e. The number of aliphatic hydroxyl groups excluding tert-OH is 1. The van der Waals surface area contributed by atoms with E-state index in [1.807, 2.05) is 0 Å². The fraction of sp³-hybridized carbons (Fsp3) is 0.571. The zero-order chi connectivity index (χ0) is 12.3. The van der Waals surface area contributed by atoms with Gasteiger partial charge in [0.25, 0.3) is 0 Å².